The number of methoxy groups -OCH3 is 1. The van der Waals surface area contributed by atoms with Gasteiger partial charge in [0.15, 0.2) is 0 Å². The number of fused-ring (bicyclic) bond motifs is 1. The van der Waals surface area contributed by atoms with E-state index in [2.05, 4.69) is 0 Å². The molecule has 0 unspecified atom stereocenters. The van der Waals surface area contributed by atoms with Gasteiger partial charge >= 0.3 is 5.97 Å². The number of hydrogen-bond acceptors (Lipinski definition) is 4. The number of nitrogens with zero attached hydrogens (tertiary/aromatic N) is 1. The molecule has 2 aliphatic heterocycles. The van der Waals surface area contributed by atoms with Gasteiger partial charge in [-0.1, -0.05) is 24.3 Å². The van der Waals surface area contributed by atoms with Gasteiger partial charge in [0.05, 0.1) is 12.8 Å². The topological polar surface area (TPSA) is 80.3 Å². The Labute approximate surface area is 167 Å². The molecule has 2 fully saturated rings. The van der Waals surface area contributed by atoms with Gasteiger partial charge in [0.25, 0.3) is 0 Å². The molecule has 0 aromatic heterocycles. The third-order valence-corrected chi connectivity index (χ3v) is 6.17. The number of esters is 1. The van der Waals surface area contributed by atoms with Crippen LogP contribution < -0.4 is 10.2 Å². The second-order valence-electron chi connectivity index (χ2n) is 7.82. The Hall–Kier alpha value is -3.06. The van der Waals surface area contributed by atoms with Crippen LogP contribution in [-0.4, -0.2) is 30.4 Å². The summed E-state index contributed by atoms with van der Waals surface area (Å²) in [6, 6.07) is 12.4. The molecule has 150 valence electrons. The zero-order valence-corrected chi connectivity index (χ0v) is 16.4. The first kappa shape index (κ1) is 19.3. The quantitative estimate of drug-likeness (QED) is 0.629. The summed E-state index contributed by atoms with van der Waals surface area (Å²) in [5.41, 5.74) is 0.930. The number of nitrogens with two attached hydrogens (primary N) is 1. The van der Waals surface area contributed by atoms with Gasteiger partial charge < -0.3 is 10.1 Å². The first-order valence-corrected chi connectivity index (χ1v) is 9.43. The summed E-state index contributed by atoms with van der Waals surface area (Å²) in [7, 11) is 1.27. The van der Waals surface area contributed by atoms with E-state index in [4.69, 9.17) is 4.74 Å². The molecule has 0 saturated carbocycles. The highest BCUT2D eigenvalue weighted by Crippen LogP contribution is 2.46. The van der Waals surface area contributed by atoms with E-state index in [1.165, 1.54) is 31.4 Å². The van der Waals surface area contributed by atoms with E-state index in [-0.39, 0.29) is 5.91 Å². The normalized spacial score (nSPS) is 28.6. The number of amides is 2. The molecular formula is C22H22FN2O4+. The average molecular weight is 397 g/mol. The Bertz CT molecular complexity index is 1010. The van der Waals surface area contributed by atoms with Crippen LogP contribution in [0.25, 0.3) is 0 Å². The van der Waals surface area contributed by atoms with Gasteiger partial charge in [0.1, 0.15) is 23.7 Å². The number of anilines is 1. The van der Waals surface area contributed by atoms with E-state index in [1.54, 1.807) is 12.2 Å². The number of aryl methyl sites for hydroxylation is 1. The van der Waals surface area contributed by atoms with Gasteiger partial charge in [-0.2, -0.15) is 0 Å². The van der Waals surface area contributed by atoms with Crippen molar-refractivity contribution < 1.29 is 28.8 Å². The lowest BCUT2D eigenvalue weighted by Crippen LogP contribution is -2.97. The van der Waals surface area contributed by atoms with Crippen molar-refractivity contribution in [1.82, 2.24) is 0 Å². The lowest BCUT2D eigenvalue weighted by molar-refractivity contribution is -0.730. The van der Waals surface area contributed by atoms with Gasteiger partial charge in [0.2, 0.25) is 17.4 Å². The number of benzene rings is 2. The number of carbonyl (C=O) groups is 3. The van der Waals surface area contributed by atoms with Crippen LogP contribution in [0.2, 0.25) is 0 Å². The van der Waals surface area contributed by atoms with Crippen LogP contribution >= 0.6 is 0 Å². The summed E-state index contributed by atoms with van der Waals surface area (Å²) in [4.78, 5) is 40.6. The molecule has 7 heteroatoms. The van der Waals surface area contributed by atoms with Crippen molar-refractivity contribution in [3.8, 4) is 0 Å². The van der Waals surface area contributed by atoms with Crippen LogP contribution in [0, 0.1) is 24.6 Å². The zero-order valence-electron chi connectivity index (χ0n) is 16.4. The zero-order chi connectivity index (χ0) is 20.9. The summed E-state index contributed by atoms with van der Waals surface area (Å²) in [5, 5.41) is 1.79. The number of ether oxygens (including phenoxy) is 1. The van der Waals surface area contributed by atoms with E-state index >= 15 is 0 Å². The number of carbonyl (C=O) groups excluding carboxylic acids is 3. The van der Waals surface area contributed by atoms with Gasteiger partial charge in [-0.3, -0.25) is 9.59 Å². The highest BCUT2D eigenvalue weighted by Gasteiger charge is 2.70. The van der Waals surface area contributed by atoms with E-state index in [9.17, 15) is 18.8 Å². The number of rotatable bonds is 3. The minimum Gasteiger partial charge on any atom is -0.464 e. The van der Waals surface area contributed by atoms with E-state index in [1.807, 2.05) is 31.2 Å². The second-order valence-corrected chi connectivity index (χ2v) is 7.82. The van der Waals surface area contributed by atoms with Gasteiger partial charge in [0, 0.05) is 12.5 Å². The summed E-state index contributed by atoms with van der Waals surface area (Å²) in [6.45, 7) is 3.58. The monoisotopic (exact) mass is 397 g/mol. The fraction of sp³-hybridized carbons (Fsp3) is 0.318. The highest BCUT2D eigenvalue weighted by molar-refractivity contribution is 6.23. The molecule has 0 spiro atoms. The molecule has 6 nitrogen and oxygen atoms in total. The van der Waals surface area contributed by atoms with Crippen molar-refractivity contribution >= 4 is 23.5 Å². The molecule has 2 aromatic carbocycles. The maximum Gasteiger partial charge on any atom is 0.368 e. The molecule has 4 rings (SSSR count). The summed E-state index contributed by atoms with van der Waals surface area (Å²) in [5.74, 6) is -3.46. The van der Waals surface area contributed by atoms with Crippen molar-refractivity contribution in [2.45, 2.75) is 25.4 Å². The molecule has 0 bridgehead atoms. The first-order valence-electron chi connectivity index (χ1n) is 9.43. The third kappa shape index (κ3) is 2.76. The number of hydrogen-bond donors (Lipinski definition) is 1. The minimum absolute atomic E-state index is 0.298. The predicted octanol–water partition coefficient (Wildman–Crippen LogP) is 1.49. The average Bonchev–Trinajstić information content (AvgIpc) is 3.16. The molecule has 0 aliphatic carbocycles. The van der Waals surface area contributed by atoms with Crippen LogP contribution in [0.4, 0.5) is 10.1 Å². The van der Waals surface area contributed by atoms with Gasteiger partial charge in [-0.05, 0) is 36.8 Å². The Morgan fingerprint density at radius 3 is 2.38 bits per heavy atom. The minimum atomic E-state index is -1.24. The molecule has 2 aromatic rings. The van der Waals surface area contributed by atoms with Gasteiger partial charge in [-0.15, -0.1) is 0 Å². The lowest BCUT2D eigenvalue weighted by Gasteiger charge is -2.26. The first-order chi connectivity index (χ1) is 13.8. The van der Waals surface area contributed by atoms with E-state index < -0.39 is 41.1 Å². The van der Waals surface area contributed by atoms with Crippen LogP contribution in [0.15, 0.2) is 48.5 Å². The molecule has 2 aliphatic rings. The van der Waals surface area contributed by atoms with Crippen molar-refractivity contribution in [3.05, 3.63) is 65.5 Å². The molecule has 4 atom stereocenters. The second kappa shape index (κ2) is 6.77. The van der Waals surface area contributed by atoms with E-state index in [0.717, 1.165) is 16.0 Å². The molecule has 2 heterocycles. The molecule has 0 radical (unpaired) electrons. The summed E-state index contributed by atoms with van der Waals surface area (Å²) >= 11 is 0. The Morgan fingerprint density at radius 1 is 1.10 bits per heavy atom. The molecule has 2 saturated heterocycles. The summed E-state index contributed by atoms with van der Waals surface area (Å²) in [6.07, 6.45) is 0. The maximum absolute atomic E-state index is 13.4. The standard InChI is InChI=1S/C22H21FN2O4/c1-12-6-4-5-7-15(12)18-16-17(22(2,24-18)21(28)29-3)20(27)25(19(16)26)14-10-8-13(23)9-11-14/h4-11,16-18,24H,1-3H3/p+1/t16-,17-,18-,22-/m0/s1. The predicted molar refractivity (Wildman–Crippen MR) is 102 cm³/mol. The molecular weight excluding hydrogens is 375 g/mol. The van der Waals surface area contributed by atoms with Crippen molar-refractivity contribution in [2.75, 3.05) is 12.0 Å². The fourth-order valence-corrected chi connectivity index (χ4v) is 4.77. The Kier molecular flexibility index (Phi) is 4.50. The number of imide groups is 1. The number of halogens is 1. The van der Waals surface area contributed by atoms with Crippen molar-refractivity contribution in [1.29, 1.82) is 0 Å². The van der Waals surface area contributed by atoms with E-state index in [0.29, 0.717) is 5.69 Å². The Morgan fingerprint density at radius 2 is 1.76 bits per heavy atom. The van der Waals surface area contributed by atoms with Crippen LogP contribution in [0.1, 0.15) is 24.1 Å². The largest absolute Gasteiger partial charge is 0.464 e. The van der Waals surface area contributed by atoms with Crippen molar-refractivity contribution in [2.24, 2.45) is 11.8 Å². The van der Waals surface area contributed by atoms with Crippen LogP contribution in [0.3, 0.4) is 0 Å². The van der Waals surface area contributed by atoms with Crippen LogP contribution in [-0.2, 0) is 19.1 Å². The molecule has 2 N–H and O–H groups in total. The molecule has 29 heavy (non-hydrogen) atoms. The Balaban J connectivity index is 1.84. The van der Waals surface area contributed by atoms with Gasteiger partial charge in [-0.25, -0.2) is 14.1 Å². The van der Waals surface area contributed by atoms with Crippen molar-refractivity contribution in [3.63, 3.8) is 0 Å². The SMILES string of the molecule is COC(=O)[C@@]1(C)[NH2+][C@@H](c2ccccc2C)[C@H]2C(=O)N(c3ccc(F)cc3)C(=O)[C@H]21. The molecule has 2 amide bonds. The smallest absolute Gasteiger partial charge is 0.368 e. The number of quaternary nitrogens is 1. The third-order valence-electron chi connectivity index (χ3n) is 6.17. The fourth-order valence-electron chi connectivity index (χ4n) is 4.77. The summed E-state index contributed by atoms with van der Waals surface area (Å²) < 4.78 is 18.3. The maximum atomic E-state index is 13.4. The lowest BCUT2D eigenvalue weighted by atomic mass is 9.80. The van der Waals surface area contributed by atoms with Crippen LogP contribution in [0.5, 0.6) is 0 Å². The highest BCUT2D eigenvalue weighted by atomic mass is 19.1.